The molecule has 1 aliphatic heterocycles. The lowest BCUT2D eigenvalue weighted by Crippen LogP contribution is -2.37. The number of carbonyl (C=O) groups excluding carboxylic acids is 1. The Morgan fingerprint density at radius 3 is 2.90 bits per heavy atom. The molecule has 0 aromatic heterocycles. The fraction of sp³-hybridized carbons (Fsp3) is 0.400. The highest BCUT2D eigenvalue weighted by Crippen LogP contribution is 2.30. The summed E-state index contributed by atoms with van der Waals surface area (Å²) in [6, 6.07) is 8.82. The third-order valence-corrected chi connectivity index (χ3v) is 3.74. The number of nitrogens with zero attached hydrogens (tertiary/aromatic N) is 2. The zero-order chi connectivity index (χ0) is 15.5. The van der Waals surface area contributed by atoms with E-state index >= 15 is 0 Å². The molecule has 110 valence electrons. The van der Waals surface area contributed by atoms with E-state index in [1.165, 1.54) is 4.90 Å². The van der Waals surface area contributed by atoms with Crippen LogP contribution in [0, 0.1) is 16.7 Å². The number of rotatable bonds is 3. The quantitative estimate of drug-likeness (QED) is 0.890. The van der Waals surface area contributed by atoms with Gasteiger partial charge in [-0.1, -0.05) is 12.1 Å². The number of urea groups is 1. The first-order valence-corrected chi connectivity index (χ1v) is 6.70. The first kappa shape index (κ1) is 14.9. The minimum Gasteiger partial charge on any atom is -0.481 e. The second-order valence-corrected chi connectivity index (χ2v) is 5.50. The van der Waals surface area contributed by atoms with Crippen LogP contribution in [-0.4, -0.2) is 35.1 Å². The molecular weight excluding hydrogens is 270 g/mol. The van der Waals surface area contributed by atoms with Gasteiger partial charge in [0.2, 0.25) is 0 Å². The molecule has 21 heavy (non-hydrogen) atoms. The molecule has 0 aliphatic carbocycles. The van der Waals surface area contributed by atoms with E-state index in [9.17, 15) is 9.59 Å². The topological polar surface area (TPSA) is 93.4 Å². The Morgan fingerprint density at radius 2 is 2.29 bits per heavy atom. The predicted molar refractivity (Wildman–Crippen MR) is 76.7 cm³/mol. The minimum absolute atomic E-state index is 0.200. The number of anilines is 1. The normalized spacial score (nSPS) is 20.9. The number of hydrogen-bond acceptors (Lipinski definition) is 3. The van der Waals surface area contributed by atoms with Crippen LogP contribution in [0.5, 0.6) is 0 Å². The minimum atomic E-state index is -0.881. The van der Waals surface area contributed by atoms with E-state index in [0.29, 0.717) is 18.7 Å². The van der Waals surface area contributed by atoms with Gasteiger partial charge in [0, 0.05) is 18.8 Å². The summed E-state index contributed by atoms with van der Waals surface area (Å²) < 4.78 is 0. The number of aliphatic carboxylic acids is 1. The molecule has 0 saturated carbocycles. The van der Waals surface area contributed by atoms with Crippen molar-refractivity contribution in [2.24, 2.45) is 5.41 Å². The van der Waals surface area contributed by atoms with Crippen LogP contribution in [0.3, 0.4) is 0 Å². The second kappa shape index (κ2) is 5.83. The van der Waals surface area contributed by atoms with E-state index < -0.39 is 11.4 Å². The van der Waals surface area contributed by atoms with E-state index in [0.717, 1.165) is 5.56 Å². The molecule has 1 aromatic carbocycles. The molecule has 2 N–H and O–H groups in total. The molecule has 1 atom stereocenters. The Kier molecular flexibility index (Phi) is 4.13. The van der Waals surface area contributed by atoms with Crippen molar-refractivity contribution in [1.82, 2.24) is 4.90 Å². The van der Waals surface area contributed by atoms with Crippen molar-refractivity contribution in [2.75, 3.05) is 18.4 Å². The Hall–Kier alpha value is -2.55. The van der Waals surface area contributed by atoms with Gasteiger partial charge in [-0.05, 0) is 31.0 Å². The molecule has 6 nitrogen and oxygen atoms in total. The van der Waals surface area contributed by atoms with Gasteiger partial charge in [-0.25, -0.2) is 4.79 Å². The third kappa shape index (κ3) is 3.31. The van der Waals surface area contributed by atoms with Crippen molar-refractivity contribution in [1.29, 1.82) is 5.26 Å². The number of amides is 2. The summed E-state index contributed by atoms with van der Waals surface area (Å²) in [5.74, 6) is -0.881. The summed E-state index contributed by atoms with van der Waals surface area (Å²) in [5.41, 5.74) is 0.559. The highest BCUT2D eigenvalue weighted by atomic mass is 16.4. The molecule has 1 fully saturated rings. The van der Waals surface area contributed by atoms with Gasteiger partial charge >= 0.3 is 12.0 Å². The lowest BCUT2D eigenvalue weighted by atomic mass is 9.90. The maximum Gasteiger partial charge on any atom is 0.321 e. The summed E-state index contributed by atoms with van der Waals surface area (Å²) in [6.45, 7) is 2.27. The molecule has 1 saturated heterocycles. The van der Waals surface area contributed by atoms with Crippen LogP contribution in [0.15, 0.2) is 24.3 Å². The lowest BCUT2D eigenvalue weighted by Gasteiger charge is -2.20. The number of hydrogen-bond donors (Lipinski definition) is 2. The first-order valence-electron chi connectivity index (χ1n) is 6.70. The Labute approximate surface area is 123 Å². The van der Waals surface area contributed by atoms with Crippen LogP contribution in [0.2, 0.25) is 0 Å². The second-order valence-electron chi connectivity index (χ2n) is 5.50. The van der Waals surface area contributed by atoms with Crippen LogP contribution in [0.1, 0.15) is 18.9 Å². The van der Waals surface area contributed by atoms with Gasteiger partial charge in [-0.3, -0.25) is 4.79 Å². The summed E-state index contributed by atoms with van der Waals surface area (Å²) in [4.78, 5) is 24.8. The number of nitriles is 1. The average molecular weight is 287 g/mol. The predicted octanol–water partition coefficient (Wildman–Crippen LogP) is 2.08. The average Bonchev–Trinajstić information content (AvgIpc) is 2.84. The molecule has 0 radical (unpaired) electrons. The number of carbonyl (C=O) groups is 2. The van der Waals surface area contributed by atoms with E-state index in [-0.39, 0.29) is 19.0 Å². The lowest BCUT2D eigenvalue weighted by molar-refractivity contribution is -0.146. The van der Waals surface area contributed by atoms with Crippen molar-refractivity contribution >= 4 is 17.7 Å². The number of likely N-dealkylation sites (tertiary alicyclic amines) is 1. The van der Waals surface area contributed by atoms with Gasteiger partial charge in [-0.15, -0.1) is 0 Å². The fourth-order valence-electron chi connectivity index (χ4n) is 2.36. The molecule has 1 aromatic rings. The van der Waals surface area contributed by atoms with Gasteiger partial charge in [0.25, 0.3) is 0 Å². The van der Waals surface area contributed by atoms with E-state index in [2.05, 4.69) is 11.4 Å². The Balaban J connectivity index is 2.01. The molecule has 1 unspecified atom stereocenters. The number of nitrogens with one attached hydrogen (secondary N) is 1. The molecule has 1 heterocycles. The summed E-state index contributed by atoms with van der Waals surface area (Å²) in [6.07, 6.45) is 0.731. The fourth-order valence-corrected chi connectivity index (χ4v) is 2.36. The van der Waals surface area contributed by atoms with Crippen LogP contribution < -0.4 is 5.32 Å². The first-order chi connectivity index (χ1) is 9.94. The van der Waals surface area contributed by atoms with Crippen LogP contribution >= 0.6 is 0 Å². The number of carboxylic acids is 1. The number of benzene rings is 1. The van der Waals surface area contributed by atoms with Crippen molar-refractivity contribution in [2.45, 2.75) is 19.8 Å². The van der Waals surface area contributed by atoms with Crippen LogP contribution in [0.4, 0.5) is 10.5 Å². The molecule has 6 heteroatoms. The highest BCUT2D eigenvalue weighted by Gasteiger charge is 2.42. The van der Waals surface area contributed by atoms with Gasteiger partial charge in [-0.2, -0.15) is 5.26 Å². The summed E-state index contributed by atoms with van der Waals surface area (Å²) >= 11 is 0. The molecule has 0 spiro atoms. The molecule has 0 bridgehead atoms. The SMILES string of the molecule is CC1(C(=O)O)CCN(C(=O)Nc2cccc(CC#N)c2)C1. The van der Waals surface area contributed by atoms with E-state index in [1.807, 2.05) is 6.07 Å². The van der Waals surface area contributed by atoms with E-state index in [1.54, 1.807) is 25.1 Å². The zero-order valence-electron chi connectivity index (χ0n) is 11.8. The van der Waals surface area contributed by atoms with Crippen molar-refractivity contribution in [3.8, 4) is 6.07 Å². The standard InChI is InChI=1S/C15H17N3O3/c1-15(13(19)20)6-8-18(10-15)14(21)17-12-4-2-3-11(9-12)5-7-16/h2-4,9H,5-6,8,10H2,1H3,(H,17,21)(H,19,20). The molecule has 2 amide bonds. The van der Waals surface area contributed by atoms with Gasteiger partial charge < -0.3 is 15.3 Å². The number of carboxylic acid groups (broad SMARTS) is 1. The Bertz CT molecular complexity index is 608. The largest absolute Gasteiger partial charge is 0.481 e. The molecular formula is C15H17N3O3. The van der Waals surface area contributed by atoms with Crippen molar-refractivity contribution in [3.63, 3.8) is 0 Å². The maximum absolute atomic E-state index is 12.2. The third-order valence-electron chi connectivity index (χ3n) is 3.74. The zero-order valence-corrected chi connectivity index (χ0v) is 11.8. The van der Waals surface area contributed by atoms with Crippen molar-refractivity contribution < 1.29 is 14.7 Å². The molecule has 2 rings (SSSR count). The van der Waals surface area contributed by atoms with Gasteiger partial charge in [0.1, 0.15) is 0 Å². The monoisotopic (exact) mass is 287 g/mol. The Morgan fingerprint density at radius 1 is 1.52 bits per heavy atom. The van der Waals surface area contributed by atoms with Crippen LogP contribution in [0.25, 0.3) is 0 Å². The summed E-state index contributed by atoms with van der Waals surface area (Å²) in [5, 5.41) is 20.6. The summed E-state index contributed by atoms with van der Waals surface area (Å²) in [7, 11) is 0. The highest BCUT2D eigenvalue weighted by molar-refractivity contribution is 5.90. The maximum atomic E-state index is 12.2. The molecule has 1 aliphatic rings. The van der Waals surface area contributed by atoms with Crippen molar-refractivity contribution in [3.05, 3.63) is 29.8 Å². The smallest absolute Gasteiger partial charge is 0.321 e. The van der Waals surface area contributed by atoms with Gasteiger partial charge in [0.05, 0.1) is 17.9 Å². The van der Waals surface area contributed by atoms with Crippen LogP contribution in [-0.2, 0) is 11.2 Å². The van der Waals surface area contributed by atoms with E-state index in [4.69, 9.17) is 10.4 Å². The van der Waals surface area contributed by atoms with Gasteiger partial charge in [0.15, 0.2) is 0 Å².